The van der Waals surface area contributed by atoms with Crippen molar-refractivity contribution in [1.29, 1.82) is 0 Å². The van der Waals surface area contributed by atoms with E-state index in [2.05, 4.69) is 4.72 Å². The van der Waals surface area contributed by atoms with Crippen LogP contribution in [0, 0.1) is 0 Å². The Morgan fingerprint density at radius 2 is 1.66 bits per heavy atom. The van der Waals surface area contributed by atoms with E-state index >= 15 is 0 Å². The quantitative estimate of drug-likeness (QED) is 0.514. The Kier molecular flexibility index (Phi) is 4.85. The van der Waals surface area contributed by atoms with Crippen molar-refractivity contribution in [2.75, 3.05) is 4.72 Å². The van der Waals surface area contributed by atoms with Gasteiger partial charge < -0.3 is 9.15 Å². The number of fused-ring (bicyclic) bond motifs is 1. The first-order valence-corrected chi connectivity index (χ1v) is 10.4. The molecule has 8 heteroatoms. The third-order valence-electron chi connectivity index (χ3n) is 4.35. The minimum absolute atomic E-state index is 0.00613. The monoisotopic (exact) mass is 410 g/mol. The summed E-state index contributed by atoms with van der Waals surface area (Å²) in [6, 6.07) is 20.2. The molecule has 148 valence electrons. The molecule has 7 nitrogen and oxygen atoms in total. The first-order chi connectivity index (χ1) is 14.0. The third kappa shape index (κ3) is 3.88. The summed E-state index contributed by atoms with van der Waals surface area (Å²) in [6.45, 7) is 2.25. The fourth-order valence-electron chi connectivity index (χ4n) is 2.94. The van der Waals surface area contributed by atoms with Gasteiger partial charge in [0.25, 0.3) is 10.0 Å². The number of oxazole rings is 1. The van der Waals surface area contributed by atoms with Gasteiger partial charge >= 0.3 is 5.76 Å². The number of ether oxygens (including phenoxy) is 1. The van der Waals surface area contributed by atoms with Gasteiger partial charge in [0, 0.05) is 18.3 Å². The van der Waals surface area contributed by atoms with Crippen LogP contribution in [0.2, 0.25) is 0 Å². The first-order valence-electron chi connectivity index (χ1n) is 8.95. The SMILES string of the molecule is CCn1c(=O)oc2cc(S(=O)(=O)Nc3ccc(Oc4ccccc4)cc3)ccc21. The number of aromatic nitrogens is 1. The van der Waals surface area contributed by atoms with E-state index in [-0.39, 0.29) is 10.5 Å². The molecule has 0 bridgehead atoms. The topological polar surface area (TPSA) is 90.5 Å². The maximum absolute atomic E-state index is 12.7. The van der Waals surface area contributed by atoms with Crippen LogP contribution in [0.5, 0.6) is 11.5 Å². The predicted molar refractivity (Wildman–Crippen MR) is 110 cm³/mol. The normalized spacial score (nSPS) is 11.5. The standard InChI is InChI=1S/C21H18N2O5S/c1-2-23-19-13-12-18(14-20(19)28-21(23)24)29(25,26)22-15-8-10-17(11-9-15)27-16-6-4-3-5-7-16/h3-14,22H,2H2,1H3. The molecule has 3 aromatic carbocycles. The summed E-state index contributed by atoms with van der Waals surface area (Å²) in [5.74, 6) is 0.761. The van der Waals surface area contributed by atoms with Crippen LogP contribution in [0.4, 0.5) is 5.69 Å². The van der Waals surface area contributed by atoms with Crippen molar-refractivity contribution in [1.82, 2.24) is 4.57 Å². The number of anilines is 1. The van der Waals surface area contributed by atoms with Crippen LogP contribution in [-0.2, 0) is 16.6 Å². The Hall–Kier alpha value is -3.52. The second-order valence-electron chi connectivity index (χ2n) is 6.29. The van der Waals surface area contributed by atoms with Gasteiger partial charge in [-0.3, -0.25) is 9.29 Å². The smallest absolute Gasteiger partial charge is 0.419 e. The van der Waals surface area contributed by atoms with Gasteiger partial charge in [-0.25, -0.2) is 13.2 Å². The molecule has 1 aromatic heterocycles. The molecule has 0 aliphatic carbocycles. The van der Waals surface area contributed by atoms with E-state index in [1.54, 1.807) is 30.3 Å². The number of para-hydroxylation sites is 1. The molecule has 4 rings (SSSR count). The number of aryl methyl sites for hydroxylation is 1. The minimum atomic E-state index is -3.85. The lowest BCUT2D eigenvalue weighted by Crippen LogP contribution is -2.13. The molecule has 0 spiro atoms. The van der Waals surface area contributed by atoms with Crippen molar-refractivity contribution in [3.05, 3.63) is 83.3 Å². The van der Waals surface area contributed by atoms with Crippen molar-refractivity contribution in [3.63, 3.8) is 0 Å². The van der Waals surface area contributed by atoms with Crippen molar-refractivity contribution in [3.8, 4) is 11.5 Å². The first kappa shape index (κ1) is 18.8. The molecule has 4 aromatic rings. The lowest BCUT2D eigenvalue weighted by Gasteiger charge is -2.10. The Morgan fingerprint density at radius 3 is 2.34 bits per heavy atom. The number of sulfonamides is 1. The van der Waals surface area contributed by atoms with Crippen LogP contribution >= 0.6 is 0 Å². The van der Waals surface area contributed by atoms with Crippen LogP contribution in [-0.4, -0.2) is 13.0 Å². The zero-order chi connectivity index (χ0) is 20.4. The minimum Gasteiger partial charge on any atom is -0.457 e. The van der Waals surface area contributed by atoms with Gasteiger partial charge in [-0.15, -0.1) is 0 Å². The summed E-state index contributed by atoms with van der Waals surface area (Å²) in [5.41, 5.74) is 1.17. The van der Waals surface area contributed by atoms with Crippen molar-refractivity contribution < 1.29 is 17.6 Å². The van der Waals surface area contributed by atoms with Gasteiger partial charge in [0.2, 0.25) is 0 Å². The predicted octanol–water partition coefficient (Wildman–Crippen LogP) is 4.21. The second kappa shape index (κ2) is 7.48. The molecule has 0 saturated carbocycles. The molecular formula is C21H18N2O5S. The Morgan fingerprint density at radius 1 is 0.966 bits per heavy atom. The van der Waals surface area contributed by atoms with Crippen molar-refractivity contribution in [2.24, 2.45) is 0 Å². The fraction of sp³-hybridized carbons (Fsp3) is 0.0952. The molecule has 1 N–H and O–H groups in total. The molecular weight excluding hydrogens is 392 g/mol. The van der Waals surface area contributed by atoms with Gasteiger partial charge in [0.1, 0.15) is 11.5 Å². The zero-order valence-electron chi connectivity index (χ0n) is 15.5. The molecule has 0 radical (unpaired) electrons. The Labute approximate surface area is 167 Å². The number of nitrogens with one attached hydrogen (secondary N) is 1. The average Bonchev–Trinajstić information content (AvgIpc) is 3.04. The van der Waals surface area contributed by atoms with Crippen LogP contribution in [0.3, 0.4) is 0 Å². The summed E-state index contributed by atoms with van der Waals surface area (Å²) in [5, 5.41) is 0. The number of rotatable bonds is 6. The van der Waals surface area contributed by atoms with E-state index in [9.17, 15) is 13.2 Å². The molecule has 0 aliphatic heterocycles. The molecule has 0 amide bonds. The fourth-order valence-corrected chi connectivity index (χ4v) is 4.02. The van der Waals surface area contributed by atoms with E-state index in [4.69, 9.17) is 9.15 Å². The highest BCUT2D eigenvalue weighted by Gasteiger charge is 2.17. The summed E-state index contributed by atoms with van der Waals surface area (Å²) in [6.07, 6.45) is 0. The van der Waals surface area contributed by atoms with Crippen LogP contribution in [0.15, 0.2) is 86.9 Å². The summed E-state index contributed by atoms with van der Waals surface area (Å²) in [7, 11) is -3.85. The van der Waals surface area contributed by atoms with Crippen LogP contribution < -0.4 is 15.2 Å². The molecule has 0 unspecified atom stereocenters. The van der Waals surface area contributed by atoms with Gasteiger partial charge in [0.15, 0.2) is 5.58 Å². The number of nitrogens with zero attached hydrogens (tertiary/aromatic N) is 1. The molecule has 29 heavy (non-hydrogen) atoms. The molecule has 1 heterocycles. The highest BCUT2D eigenvalue weighted by molar-refractivity contribution is 7.92. The van der Waals surface area contributed by atoms with Crippen LogP contribution in [0.1, 0.15) is 6.92 Å². The van der Waals surface area contributed by atoms with E-state index < -0.39 is 15.8 Å². The lowest BCUT2D eigenvalue weighted by atomic mass is 10.3. The lowest BCUT2D eigenvalue weighted by molar-refractivity contribution is 0.483. The second-order valence-corrected chi connectivity index (χ2v) is 7.97. The Bertz CT molecular complexity index is 1310. The van der Waals surface area contributed by atoms with Gasteiger partial charge in [0.05, 0.1) is 10.4 Å². The Balaban J connectivity index is 1.55. The largest absolute Gasteiger partial charge is 0.457 e. The summed E-state index contributed by atoms with van der Waals surface area (Å²) < 4.78 is 40.2. The van der Waals surface area contributed by atoms with Crippen molar-refractivity contribution >= 4 is 26.8 Å². The van der Waals surface area contributed by atoms with Crippen molar-refractivity contribution in [2.45, 2.75) is 18.4 Å². The van der Waals surface area contributed by atoms with E-state index in [0.29, 0.717) is 29.2 Å². The maximum Gasteiger partial charge on any atom is 0.419 e. The van der Waals surface area contributed by atoms with E-state index in [1.165, 1.54) is 16.7 Å². The molecule has 0 atom stereocenters. The maximum atomic E-state index is 12.7. The van der Waals surface area contributed by atoms with Gasteiger partial charge in [-0.1, -0.05) is 18.2 Å². The third-order valence-corrected chi connectivity index (χ3v) is 5.73. The summed E-state index contributed by atoms with van der Waals surface area (Å²) in [4.78, 5) is 11.8. The average molecular weight is 410 g/mol. The zero-order valence-corrected chi connectivity index (χ0v) is 16.3. The highest BCUT2D eigenvalue weighted by atomic mass is 32.2. The highest BCUT2D eigenvalue weighted by Crippen LogP contribution is 2.25. The van der Waals surface area contributed by atoms with Gasteiger partial charge in [-0.05, 0) is 55.5 Å². The number of benzene rings is 3. The number of hydrogen-bond donors (Lipinski definition) is 1. The summed E-state index contributed by atoms with van der Waals surface area (Å²) >= 11 is 0. The molecule has 0 aliphatic rings. The molecule has 0 saturated heterocycles. The molecule has 0 fully saturated rings. The van der Waals surface area contributed by atoms with E-state index in [0.717, 1.165) is 0 Å². The van der Waals surface area contributed by atoms with E-state index in [1.807, 2.05) is 37.3 Å². The number of hydrogen-bond acceptors (Lipinski definition) is 5. The van der Waals surface area contributed by atoms with Crippen LogP contribution in [0.25, 0.3) is 11.1 Å². The van der Waals surface area contributed by atoms with Gasteiger partial charge in [-0.2, -0.15) is 0 Å².